The number of rotatable bonds is 6. The van der Waals surface area contributed by atoms with Crippen LogP contribution in [-0.4, -0.2) is 40.4 Å². The number of hydrogen-bond donors (Lipinski definition) is 2. The molecule has 1 unspecified atom stereocenters. The van der Waals surface area contributed by atoms with Crippen molar-refractivity contribution in [2.75, 3.05) is 11.4 Å². The third kappa shape index (κ3) is 3.89. The number of carbonyl (C=O) groups excluding carboxylic acids is 2. The minimum Gasteiger partial charge on any atom is -0.477 e. The number of anilines is 1. The molecule has 2 N–H and O–H groups in total. The Morgan fingerprint density at radius 1 is 1.25 bits per heavy atom. The number of H-pyrrole nitrogens is 1. The highest BCUT2D eigenvalue weighted by Crippen LogP contribution is 2.35. The van der Waals surface area contributed by atoms with Crippen LogP contribution in [0.3, 0.4) is 0 Å². The molecule has 0 bridgehead atoms. The fourth-order valence-corrected chi connectivity index (χ4v) is 3.89. The number of nitro benzene ring substituents is 1. The highest BCUT2D eigenvalue weighted by molar-refractivity contribution is 6.15. The van der Waals surface area contributed by atoms with E-state index in [4.69, 9.17) is 4.74 Å². The van der Waals surface area contributed by atoms with Crippen LogP contribution in [-0.2, 0) is 4.79 Å². The second-order valence-electron chi connectivity index (χ2n) is 7.70. The highest BCUT2D eigenvalue weighted by atomic mass is 16.6. The van der Waals surface area contributed by atoms with Crippen molar-refractivity contribution in [3.05, 3.63) is 64.3 Å². The van der Waals surface area contributed by atoms with Gasteiger partial charge in [-0.3, -0.25) is 19.7 Å². The fourth-order valence-electron chi connectivity index (χ4n) is 3.89. The van der Waals surface area contributed by atoms with E-state index in [1.165, 1.54) is 23.2 Å². The molecule has 0 spiro atoms. The lowest BCUT2D eigenvalue weighted by atomic mass is 10.1. The molecule has 166 valence electrons. The molecule has 0 saturated carbocycles. The minimum atomic E-state index is -0.867. The molecule has 32 heavy (non-hydrogen) atoms. The molecule has 0 radical (unpaired) electrons. The zero-order valence-corrected chi connectivity index (χ0v) is 17.8. The van der Waals surface area contributed by atoms with E-state index in [9.17, 15) is 19.7 Å². The Bertz CT molecular complexity index is 1180. The van der Waals surface area contributed by atoms with Gasteiger partial charge in [-0.25, -0.2) is 0 Å². The number of nitro groups is 1. The summed E-state index contributed by atoms with van der Waals surface area (Å²) in [6, 6.07) is 11.4. The van der Waals surface area contributed by atoms with Gasteiger partial charge in [0.25, 0.3) is 17.5 Å². The van der Waals surface area contributed by atoms with Gasteiger partial charge >= 0.3 is 0 Å². The van der Waals surface area contributed by atoms with E-state index in [2.05, 4.69) is 10.3 Å². The van der Waals surface area contributed by atoms with E-state index < -0.39 is 11.0 Å². The summed E-state index contributed by atoms with van der Waals surface area (Å²) in [5.74, 6) is -0.212. The van der Waals surface area contributed by atoms with Crippen molar-refractivity contribution in [1.29, 1.82) is 0 Å². The number of nitrogens with zero attached hydrogens (tertiary/aromatic N) is 2. The van der Waals surface area contributed by atoms with Gasteiger partial charge in [0.2, 0.25) is 0 Å². The summed E-state index contributed by atoms with van der Waals surface area (Å²) < 4.78 is 5.92. The van der Waals surface area contributed by atoms with Crippen LogP contribution in [0.25, 0.3) is 10.9 Å². The van der Waals surface area contributed by atoms with Crippen molar-refractivity contribution in [3.8, 4) is 5.75 Å². The van der Waals surface area contributed by atoms with Crippen molar-refractivity contribution >= 4 is 34.1 Å². The summed E-state index contributed by atoms with van der Waals surface area (Å²) >= 11 is 0. The van der Waals surface area contributed by atoms with Crippen LogP contribution < -0.4 is 15.0 Å². The summed E-state index contributed by atoms with van der Waals surface area (Å²) in [6.45, 7) is 4.03. The quantitative estimate of drug-likeness (QED) is 0.450. The Hall–Kier alpha value is -3.88. The van der Waals surface area contributed by atoms with E-state index in [1.54, 1.807) is 30.3 Å². The molecule has 1 atom stereocenters. The van der Waals surface area contributed by atoms with Gasteiger partial charge in [-0.2, -0.15) is 0 Å². The van der Waals surface area contributed by atoms with Crippen LogP contribution in [0.4, 0.5) is 11.4 Å². The SMILES string of the molecule is CCC(CC)NC(=O)C1CN(C(=O)c2c[nH]c3ccc([N+](=O)[O-])cc23)c2ccccc2O1. The normalized spacial score (nSPS) is 15.3. The van der Waals surface area contributed by atoms with Crippen LogP contribution in [0.1, 0.15) is 37.0 Å². The number of ether oxygens (including phenoxy) is 1. The average Bonchev–Trinajstić information content (AvgIpc) is 3.24. The van der Waals surface area contributed by atoms with Crippen LogP contribution >= 0.6 is 0 Å². The van der Waals surface area contributed by atoms with Crippen LogP contribution in [0, 0.1) is 10.1 Å². The Kier molecular flexibility index (Phi) is 5.81. The van der Waals surface area contributed by atoms with E-state index in [0.29, 0.717) is 27.9 Å². The van der Waals surface area contributed by atoms with Gasteiger partial charge in [-0.15, -0.1) is 0 Å². The molecule has 0 aliphatic carbocycles. The molecule has 2 aromatic carbocycles. The number of hydrogen-bond acceptors (Lipinski definition) is 5. The molecule has 9 heteroatoms. The second kappa shape index (κ2) is 8.70. The third-order valence-electron chi connectivity index (χ3n) is 5.75. The van der Waals surface area contributed by atoms with Gasteiger partial charge in [-0.05, 0) is 31.0 Å². The third-order valence-corrected chi connectivity index (χ3v) is 5.75. The molecule has 1 aliphatic rings. The molecule has 9 nitrogen and oxygen atoms in total. The Morgan fingerprint density at radius 2 is 2.00 bits per heavy atom. The summed E-state index contributed by atoms with van der Waals surface area (Å²) in [5.41, 5.74) is 1.35. The number of fused-ring (bicyclic) bond motifs is 2. The fraction of sp³-hybridized carbons (Fsp3) is 0.304. The molecule has 0 fully saturated rings. The smallest absolute Gasteiger partial charge is 0.270 e. The largest absolute Gasteiger partial charge is 0.477 e. The lowest BCUT2D eigenvalue weighted by molar-refractivity contribution is -0.384. The molecule has 3 aromatic rings. The van der Waals surface area contributed by atoms with Crippen LogP contribution in [0.5, 0.6) is 5.75 Å². The maximum absolute atomic E-state index is 13.6. The highest BCUT2D eigenvalue weighted by Gasteiger charge is 2.35. The summed E-state index contributed by atoms with van der Waals surface area (Å²) in [7, 11) is 0. The predicted octanol–water partition coefficient (Wildman–Crippen LogP) is 3.79. The number of aromatic nitrogens is 1. The molecular formula is C23H24N4O5. The number of carbonyl (C=O) groups is 2. The Balaban J connectivity index is 1.69. The van der Waals surface area contributed by atoms with Gasteiger partial charge in [0.05, 0.1) is 22.7 Å². The standard InChI is InChI=1S/C23H24N4O5/c1-3-14(4-2)25-22(28)21-13-26(19-7-5-6-8-20(19)32-21)23(29)17-12-24-18-10-9-15(27(30)31)11-16(17)18/h5-12,14,21,24H,3-4,13H2,1-2H3,(H,25,28). The number of non-ortho nitro benzene ring substituents is 1. The summed E-state index contributed by atoms with van der Waals surface area (Å²) in [6.07, 6.45) is 2.26. The Labute approximate surface area is 184 Å². The number of benzene rings is 2. The number of para-hydroxylation sites is 2. The minimum absolute atomic E-state index is 0.0292. The number of nitrogens with one attached hydrogen (secondary N) is 2. The van der Waals surface area contributed by atoms with Crippen LogP contribution in [0.15, 0.2) is 48.7 Å². The van der Waals surface area contributed by atoms with Gasteiger partial charge in [-0.1, -0.05) is 26.0 Å². The first kappa shape index (κ1) is 21.4. The van der Waals surface area contributed by atoms with Gasteiger partial charge in [0.1, 0.15) is 5.75 Å². The van der Waals surface area contributed by atoms with Crippen molar-refractivity contribution in [2.45, 2.75) is 38.8 Å². The molecule has 1 aromatic heterocycles. The molecule has 0 saturated heterocycles. The van der Waals surface area contributed by atoms with Crippen molar-refractivity contribution < 1.29 is 19.2 Å². The predicted molar refractivity (Wildman–Crippen MR) is 120 cm³/mol. The first-order valence-corrected chi connectivity index (χ1v) is 10.6. The number of aromatic amines is 1. The first-order valence-electron chi connectivity index (χ1n) is 10.6. The summed E-state index contributed by atoms with van der Waals surface area (Å²) in [5, 5.41) is 14.6. The van der Waals surface area contributed by atoms with Gasteiger partial charge in [0, 0.05) is 35.3 Å². The molecule has 1 aliphatic heterocycles. The average molecular weight is 436 g/mol. The lowest BCUT2D eigenvalue weighted by Gasteiger charge is -2.34. The molecular weight excluding hydrogens is 412 g/mol. The van der Waals surface area contributed by atoms with E-state index >= 15 is 0 Å². The van der Waals surface area contributed by atoms with Gasteiger partial charge < -0.3 is 19.9 Å². The van der Waals surface area contributed by atoms with E-state index in [0.717, 1.165) is 12.8 Å². The molecule has 2 heterocycles. The monoisotopic (exact) mass is 436 g/mol. The van der Waals surface area contributed by atoms with Crippen LogP contribution in [0.2, 0.25) is 0 Å². The Morgan fingerprint density at radius 3 is 2.72 bits per heavy atom. The maximum atomic E-state index is 13.6. The van der Waals surface area contributed by atoms with Crippen molar-refractivity contribution in [2.24, 2.45) is 0 Å². The topological polar surface area (TPSA) is 118 Å². The first-order chi connectivity index (χ1) is 15.4. The zero-order valence-electron chi connectivity index (χ0n) is 17.8. The second-order valence-corrected chi connectivity index (χ2v) is 7.70. The van der Waals surface area contributed by atoms with E-state index in [1.807, 2.05) is 13.8 Å². The molecule has 2 amide bonds. The molecule has 4 rings (SSSR count). The lowest BCUT2D eigenvalue weighted by Crippen LogP contribution is -2.52. The van der Waals surface area contributed by atoms with Crippen molar-refractivity contribution in [1.82, 2.24) is 10.3 Å². The van der Waals surface area contributed by atoms with Gasteiger partial charge in [0.15, 0.2) is 6.10 Å². The van der Waals surface area contributed by atoms with E-state index in [-0.39, 0.29) is 30.1 Å². The zero-order chi connectivity index (χ0) is 22.8. The van der Waals surface area contributed by atoms with Crippen molar-refractivity contribution in [3.63, 3.8) is 0 Å². The summed E-state index contributed by atoms with van der Waals surface area (Å²) in [4.78, 5) is 41.6. The maximum Gasteiger partial charge on any atom is 0.270 e. The number of amides is 2.